The molecule has 0 aliphatic rings. The number of nitrogen functional groups attached to an aromatic ring is 1. The molecule has 0 bridgehead atoms. The summed E-state index contributed by atoms with van der Waals surface area (Å²) < 4.78 is 0. The van der Waals surface area contributed by atoms with E-state index in [4.69, 9.17) is 5.84 Å². The third-order valence-electron chi connectivity index (χ3n) is 2.27. The van der Waals surface area contributed by atoms with E-state index in [2.05, 4.69) is 34.7 Å². The SMILES string of the molecule is CN(C)CCCCNc1ccnc(NN)c1. The van der Waals surface area contributed by atoms with Gasteiger partial charge in [0.15, 0.2) is 0 Å². The highest BCUT2D eigenvalue weighted by Gasteiger charge is 1.95. The summed E-state index contributed by atoms with van der Waals surface area (Å²) in [7, 11) is 4.19. The quantitative estimate of drug-likeness (QED) is 0.367. The van der Waals surface area contributed by atoms with Crippen LogP contribution in [0.4, 0.5) is 11.5 Å². The molecule has 0 unspecified atom stereocenters. The summed E-state index contributed by atoms with van der Waals surface area (Å²) in [6, 6.07) is 3.83. The summed E-state index contributed by atoms with van der Waals surface area (Å²) in [6.07, 6.45) is 4.09. The number of anilines is 2. The zero-order valence-electron chi connectivity index (χ0n) is 10.0. The third kappa shape index (κ3) is 4.95. The predicted molar refractivity (Wildman–Crippen MR) is 68.3 cm³/mol. The number of hydrogen-bond acceptors (Lipinski definition) is 5. The number of hydrogen-bond donors (Lipinski definition) is 3. The molecule has 5 heteroatoms. The van der Waals surface area contributed by atoms with Crippen molar-refractivity contribution in [2.75, 3.05) is 37.9 Å². The minimum atomic E-state index is 0.679. The van der Waals surface area contributed by atoms with Crippen molar-refractivity contribution in [3.63, 3.8) is 0 Å². The second-order valence-electron chi connectivity index (χ2n) is 4.01. The maximum atomic E-state index is 5.28. The molecule has 0 aliphatic heterocycles. The fourth-order valence-corrected chi connectivity index (χ4v) is 1.41. The Morgan fingerprint density at radius 3 is 2.88 bits per heavy atom. The Morgan fingerprint density at radius 1 is 1.38 bits per heavy atom. The van der Waals surface area contributed by atoms with Crippen molar-refractivity contribution in [1.82, 2.24) is 9.88 Å². The maximum absolute atomic E-state index is 5.28. The minimum Gasteiger partial charge on any atom is -0.385 e. The van der Waals surface area contributed by atoms with Crippen molar-refractivity contribution in [3.8, 4) is 0 Å². The Hall–Kier alpha value is -1.33. The highest BCUT2D eigenvalue weighted by atomic mass is 15.2. The van der Waals surface area contributed by atoms with Crippen LogP contribution < -0.4 is 16.6 Å². The van der Waals surface area contributed by atoms with E-state index in [1.807, 2.05) is 12.1 Å². The van der Waals surface area contributed by atoms with Crippen molar-refractivity contribution < 1.29 is 0 Å². The molecule has 90 valence electrons. The molecule has 0 radical (unpaired) electrons. The van der Waals surface area contributed by atoms with Gasteiger partial charge in [-0.15, -0.1) is 0 Å². The van der Waals surface area contributed by atoms with E-state index in [0.717, 1.165) is 25.2 Å². The van der Waals surface area contributed by atoms with Crippen LogP contribution in [0.2, 0.25) is 0 Å². The van der Waals surface area contributed by atoms with Gasteiger partial charge >= 0.3 is 0 Å². The van der Waals surface area contributed by atoms with Crippen molar-refractivity contribution >= 4 is 11.5 Å². The lowest BCUT2D eigenvalue weighted by atomic mass is 10.3. The number of nitrogens with two attached hydrogens (primary N) is 1. The van der Waals surface area contributed by atoms with E-state index in [1.54, 1.807) is 6.20 Å². The number of nitrogens with zero attached hydrogens (tertiary/aromatic N) is 2. The van der Waals surface area contributed by atoms with Gasteiger partial charge in [0.25, 0.3) is 0 Å². The van der Waals surface area contributed by atoms with E-state index in [0.29, 0.717) is 5.82 Å². The van der Waals surface area contributed by atoms with Gasteiger partial charge in [-0.1, -0.05) is 0 Å². The van der Waals surface area contributed by atoms with Crippen LogP contribution in [0, 0.1) is 0 Å². The zero-order valence-corrected chi connectivity index (χ0v) is 10.0. The molecule has 0 saturated carbocycles. The molecule has 0 amide bonds. The molecule has 4 N–H and O–H groups in total. The van der Waals surface area contributed by atoms with Gasteiger partial charge in [0.1, 0.15) is 5.82 Å². The molecule has 0 atom stereocenters. The first kappa shape index (κ1) is 12.7. The molecule has 5 nitrogen and oxygen atoms in total. The molecule has 0 saturated heterocycles. The van der Waals surface area contributed by atoms with E-state index in [9.17, 15) is 0 Å². The van der Waals surface area contributed by atoms with Crippen LogP contribution in [0.15, 0.2) is 18.3 Å². The minimum absolute atomic E-state index is 0.679. The summed E-state index contributed by atoms with van der Waals surface area (Å²) in [4.78, 5) is 6.24. The van der Waals surface area contributed by atoms with Gasteiger partial charge in [-0.2, -0.15) is 0 Å². The van der Waals surface area contributed by atoms with Crippen LogP contribution in [0.1, 0.15) is 12.8 Å². The molecule has 0 aromatic carbocycles. The van der Waals surface area contributed by atoms with Gasteiger partial charge in [0.05, 0.1) is 0 Å². The number of aromatic nitrogens is 1. The van der Waals surface area contributed by atoms with Crippen molar-refractivity contribution in [3.05, 3.63) is 18.3 Å². The van der Waals surface area contributed by atoms with Gasteiger partial charge in [-0.3, -0.25) is 0 Å². The first-order valence-electron chi connectivity index (χ1n) is 5.53. The Morgan fingerprint density at radius 2 is 2.19 bits per heavy atom. The summed E-state index contributed by atoms with van der Waals surface area (Å²) >= 11 is 0. The molecule has 1 aromatic rings. The van der Waals surface area contributed by atoms with Crippen molar-refractivity contribution in [1.29, 1.82) is 0 Å². The van der Waals surface area contributed by atoms with E-state index < -0.39 is 0 Å². The van der Waals surface area contributed by atoms with E-state index in [-0.39, 0.29) is 0 Å². The Balaban J connectivity index is 2.21. The predicted octanol–water partition coefficient (Wildman–Crippen LogP) is 1.12. The molecule has 1 rings (SSSR count). The second-order valence-corrected chi connectivity index (χ2v) is 4.01. The first-order valence-corrected chi connectivity index (χ1v) is 5.53. The molecule has 0 fully saturated rings. The van der Waals surface area contributed by atoms with E-state index in [1.165, 1.54) is 6.42 Å². The lowest BCUT2D eigenvalue weighted by Crippen LogP contribution is -2.14. The number of rotatable bonds is 7. The average Bonchev–Trinajstić information content (AvgIpc) is 2.28. The Kier molecular flexibility index (Phi) is 5.60. The molecule has 0 spiro atoms. The van der Waals surface area contributed by atoms with Gasteiger partial charge in [0.2, 0.25) is 0 Å². The van der Waals surface area contributed by atoms with Gasteiger partial charge in [-0.05, 0) is 39.5 Å². The zero-order chi connectivity index (χ0) is 11.8. The van der Waals surface area contributed by atoms with Crippen LogP contribution in [0.25, 0.3) is 0 Å². The van der Waals surface area contributed by atoms with Crippen LogP contribution in [0.5, 0.6) is 0 Å². The normalized spacial score (nSPS) is 10.5. The smallest absolute Gasteiger partial charge is 0.141 e. The molecule has 1 heterocycles. The molecular weight excluding hydrogens is 202 g/mol. The Labute approximate surface area is 97.0 Å². The molecular formula is C11H21N5. The number of pyridine rings is 1. The average molecular weight is 223 g/mol. The lowest BCUT2D eigenvalue weighted by molar-refractivity contribution is 0.396. The highest BCUT2D eigenvalue weighted by Crippen LogP contribution is 2.10. The Bertz CT molecular complexity index is 300. The summed E-state index contributed by atoms with van der Waals surface area (Å²) in [5.41, 5.74) is 3.57. The topological polar surface area (TPSA) is 66.2 Å². The van der Waals surface area contributed by atoms with Crippen LogP contribution >= 0.6 is 0 Å². The first-order chi connectivity index (χ1) is 7.72. The molecule has 0 aliphatic carbocycles. The lowest BCUT2D eigenvalue weighted by Gasteiger charge is -2.10. The fraction of sp³-hybridized carbons (Fsp3) is 0.545. The fourth-order valence-electron chi connectivity index (χ4n) is 1.41. The summed E-state index contributed by atoms with van der Waals surface area (Å²) in [6.45, 7) is 2.11. The third-order valence-corrected chi connectivity index (χ3v) is 2.27. The van der Waals surface area contributed by atoms with Gasteiger partial charge in [-0.25, -0.2) is 10.8 Å². The largest absolute Gasteiger partial charge is 0.385 e. The summed E-state index contributed by atoms with van der Waals surface area (Å²) in [5.74, 6) is 5.96. The van der Waals surface area contributed by atoms with Crippen LogP contribution in [0.3, 0.4) is 0 Å². The summed E-state index contributed by atoms with van der Waals surface area (Å²) in [5, 5.41) is 3.34. The van der Waals surface area contributed by atoms with Crippen LogP contribution in [-0.2, 0) is 0 Å². The van der Waals surface area contributed by atoms with Gasteiger partial charge in [0, 0.05) is 24.5 Å². The second kappa shape index (κ2) is 7.03. The molecule has 1 aromatic heterocycles. The molecule has 16 heavy (non-hydrogen) atoms. The van der Waals surface area contributed by atoms with Gasteiger partial charge < -0.3 is 15.6 Å². The maximum Gasteiger partial charge on any atom is 0.141 e. The van der Waals surface area contributed by atoms with E-state index >= 15 is 0 Å². The van der Waals surface area contributed by atoms with Crippen molar-refractivity contribution in [2.24, 2.45) is 5.84 Å². The highest BCUT2D eigenvalue weighted by molar-refractivity contribution is 5.51. The van der Waals surface area contributed by atoms with Crippen LogP contribution in [-0.4, -0.2) is 37.1 Å². The standard InChI is InChI=1S/C11H21N5/c1-16(2)8-4-3-6-13-10-5-7-14-11(9-10)15-12/h5,7,9H,3-4,6,8,12H2,1-2H3,(H2,13,14,15). The monoisotopic (exact) mass is 223 g/mol. The number of unbranched alkanes of at least 4 members (excludes halogenated alkanes) is 1. The number of nitrogens with one attached hydrogen (secondary N) is 2. The number of hydrazine groups is 1. The van der Waals surface area contributed by atoms with Crippen molar-refractivity contribution in [2.45, 2.75) is 12.8 Å².